The second-order valence-corrected chi connectivity index (χ2v) is 6.11. The molecule has 0 radical (unpaired) electrons. The van der Waals surface area contributed by atoms with Crippen molar-refractivity contribution < 1.29 is 22.4 Å². The molecule has 9 heteroatoms. The number of benzene rings is 1. The number of fused-ring (bicyclic) bond motifs is 1. The van der Waals surface area contributed by atoms with Gasteiger partial charge in [-0.25, -0.2) is 9.97 Å². The van der Waals surface area contributed by atoms with Crippen molar-refractivity contribution in [3.63, 3.8) is 0 Å². The lowest BCUT2D eigenvalue weighted by atomic mass is 10.1. The van der Waals surface area contributed by atoms with Crippen molar-refractivity contribution in [2.75, 3.05) is 5.32 Å². The van der Waals surface area contributed by atoms with Gasteiger partial charge in [-0.15, -0.1) is 0 Å². The zero-order valence-corrected chi connectivity index (χ0v) is 14.5. The Morgan fingerprint density at radius 2 is 1.93 bits per heavy atom. The molecule has 0 fully saturated rings. The molecule has 1 aromatic carbocycles. The van der Waals surface area contributed by atoms with E-state index in [1.165, 1.54) is 36.2 Å². The molecule has 142 valence electrons. The number of alkyl halides is 3. The van der Waals surface area contributed by atoms with Crippen LogP contribution in [0, 0.1) is 6.92 Å². The average molecular weight is 386 g/mol. The molecular formula is C19H13F3N4O2. The molecule has 1 N–H and O–H groups in total. The summed E-state index contributed by atoms with van der Waals surface area (Å²) in [5.41, 5.74) is 1.22. The Bertz CT molecular complexity index is 1150. The van der Waals surface area contributed by atoms with Crippen LogP contribution in [0.3, 0.4) is 0 Å². The second-order valence-electron chi connectivity index (χ2n) is 6.11. The Morgan fingerprint density at radius 3 is 2.57 bits per heavy atom. The van der Waals surface area contributed by atoms with Gasteiger partial charge < -0.3 is 14.1 Å². The number of nitrogens with one attached hydrogen (secondary N) is 1. The predicted octanol–water partition coefficient (Wildman–Crippen LogP) is 4.57. The summed E-state index contributed by atoms with van der Waals surface area (Å²) in [6.07, 6.45) is -0.275. The molecule has 0 atom stereocenters. The summed E-state index contributed by atoms with van der Waals surface area (Å²) < 4.78 is 45.5. The minimum absolute atomic E-state index is 0.0507. The van der Waals surface area contributed by atoms with Crippen LogP contribution < -0.4 is 5.32 Å². The van der Waals surface area contributed by atoms with Gasteiger partial charge in [-0.05, 0) is 31.2 Å². The fourth-order valence-electron chi connectivity index (χ4n) is 2.84. The third kappa shape index (κ3) is 3.22. The van der Waals surface area contributed by atoms with Crippen LogP contribution in [0.5, 0.6) is 0 Å². The Labute approximate surface area is 156 Å². The Morgan fingerprint density at radius 1 is 1.18 bits per heavy atom. The van der Waals surface area contributed by atoms with Gasteiger partial charge in [0, 0.05) is 23.1 Å². The molecule has 0 aliphatic heterocycles. The molecule has 0 saturated heterocycles. The molecule has 0 aliphatic carbocycles. The zero-order valence-electron chi connectivity index (χ0n) is 14.5. The molecule has 0 unspecified atom stereocenters. The second kappa shape index (κ2) is 6.52. The maximum atomic E-state index is 13.1. The molecular weight excluding hydrogens is 373 g/mol. The summed E-state index contributed by atoms with van der Waals surface area (Å²) in [7, 11) is 0. The molecule has 0 spiro atoms. The van der Waals surface area contributed by atoms with Crippen LogP contribution in [0.25, 0.3) is 16.9 Å². The largest absolute Gasteiger partial charge is 0.451 e. The Kier molecular flexibility index (Phi) is 4.14. The van der Waals surface area contributed by atoms with Gasteiger partial charge in [-0.1, -0.05) is 12.1 Å². The first kappa shape index (κ1) is 17.8. The smallest absolute Gasteiger partial charge is 0.433 e. The van der Waals surface area contributed by atoms with Gasteiger partial charge >= 0.3 is 6.18 Å². The Balaban J connectivity index is 1.63. The summed E-state index contributed by atoms with van der Waals surface area (Å²) in [5.74, 6) is -0.553. The molecule has 6 nitrogen and oxygen atoms in total. The lowest BCUT2D eigenvalue weighted by molar-refractivity contribution is -0.141. The van der Waals surface area contributed by atoms with Gasteiger partial charge in [0.2, 0.25) is 0 Å². The summed E-state index contributed by atoms with van der Waals surface area (Å²) >= 11 is 0. The van der Waals surface area contributed by atoms with Crippen LogP contribution >= 0.6 is 0 Å². The topological polar surface area (TPSA) is 72.4 Å². The molecule has 3 aromatic heterocycles. The molecule has 1 amide bonds. The van der Waals surface area contributed by atoms with Crippen molar-refractivity contribution in [2.24, 2.45) is 0 Å². The third-order valence-electron chi connectivity index (χ3n) is 4.22. The number of aromatic nitrogens is 3. The van der Waals surface area contributed by atoms with Crippen LogP contribution in [0.1, 0.15) is 21.7 Å². The van der Waals surface area contributed by atoms with E-state index >= 15 is 0 Å². The van der Waals surface area contributed by atoms with Crippen molar-refractivity contribution >= 4 is 17.2 Å². The standard InChI is InChI=1S/C19H13F3N4O2/c1-11-8-16(19(20,21)22)25-17-14(6-7-26(11)17)18(27)24-13-4-2-12(3-5-13)15-9-28-10-23-15/h2-10H,1H3,(H,24,27). The molecule has 28 heavy (non-hydrogen) atoms. The fraction of sp³-hybridized carbons (Fsp3) is 0.105. The van der Waals surface area contributed by atoms with Crippen LogP contribution in [-0.2, 0) is 6.18 Å². The van der Waals surface area contributed by atoms with E-state index in [2.05, 4.69) is 15.3 Å². The van der Waals surface area contributed by atoms with E-state index < -0.39 is 17.8 Å². The zero-order chi connectivity index (χ0) is 19.9. The number of amides is 1. The van der Waals surface area contributed by atoms with E-state index in [9.17, 15) is 18.0 Å². The monoisotopic (exact) mass is 386 g/mol. The Hall–Kier alpha value is -3.62. The number of carbonyl (C=O) groups is 1. The number of nitrogens with zero attached hydrogens (tertiary/aromatic N) is 3. The number of carbonyl (C=O) groups excluding carboxylic acids is 1. The fourth-order valence-corrected chi connectivity index (χ4v) is 2.84. The highest BCUT2D eigenvalue weighted by Crippen LogP contribution is 2.29. The van der Waals surface area contributed by atoms with Gasteiger partial charge in [0.25, 0.3) is 5.91 Å². The highest BCUT2D eigenvalue weighted by Gasteiger charge is 2.33. The molecule has 0 saturated carbocycles. The van der Waals surface area contributed by atoms with E-state index in [0.717, 1.165) is 11.6 Å². The van der Waals surface area contributed by atoms with Crippen molar-refractivity contribution in [2.45, 2.75) is 13.1 Å². The van der Waals surface area contributed by atoms with Crippen molar-refractivity contribution in [1.82, 2.24) is 14.4 Å². The minimum atomic E-state index is -4.60. The normalized spacial score (nSPS) is 11.7. The summed E-state index contributed by atoms with van der Waals surface area (Å²) in [5, 5.41) is 2.67. The summed E-state index contributed by atoms with van der Waals surface area (Å²) in [6, 6.07) is 9.21. The quantitative estimate of drug-likeness (QED) is 0.560. The average Bonchev–Trinajstić information content (AvgIpc) is 3.31. The van der Waals surface area contributed by atoms with Crippen LogP contribution in [0.15, 0.2) is 59.7 Å². The van der Waals surface area contributed by atoms with E-state index in [1.54, 1.807) is 24.3 Å². The first-order valence-electron chi connectivity index (χ1n) is 8.19. The molecule has 0 aliphatic rings. The number of hydrogen-bond donors (Lipinski definition) is 1. The first-order valence-corrected chi connectivity index (χ1v) is 8.19. The maximum absolute atomic E-state index is 13.1. The van der Waals surface area contributed by atoms with Gasteiger partial charge in [-0.3, -0.25) is 4.79 Å². The van der Waals surface area contributed by atoms with Crippen molar-refractivity contribution in [3.05, 3.63) is 72.2 Å². The highest BCUT2D eigenvalue weighted by atomic mass is 19.4. The number of halogens is 3. The van der Waals surface area contributed by atoms with E-state index in [-0.39, 0.29) is 11.2 Å². The molecule has 0 bridgehead atoms. The highest BCUT2D eigenvalue weighted by molar-refractivity contribution is 6.08. The SMILES string of the molecule is Cc1cc(C(F)(F)F)nc2c(C(=O)Nc3ccc(-c4cocn4)cc3)ccn12. The van der Waals surface area contributed by atoms with E-state index in [4.69, 9.17) is 4.42 Å². The van der Waals surface area contributed by atoms with Crippen molar-refractivity contribution in [1.29, 1.82) is 0 Å². The lowest BCUT2D eigenvalue weighted by Gasteiger charge is -2.10. The van der Waals surface area contributed by atoms with Crippen molar-refractivity contribution in [3.8, 4) is 11.3 Å². The van der Waals surface area contributed by atoms with Crippen LogP contribution in [0.4, 0.5) is 18.9 Å². The number of oxazole rings is 1. The number of anilines is 1. The van der Waals surface area contributed by atoms with Gasteiger partial charge in [0.15, 0.2) is 6.39 Å². The minimum Gasteiger partial charge on any atom is -0.451 e. The summed E-state index contributed by atoms with van der Waals surface area (Å²) in [6.45, 7) is 1.52. The van der Waals surface area contributed by atoms with Gasteiger partial charge in [0.1, 0.15) is 23.3 Å². The van der Waals surface area contributed by atoms with Gasteiger partial charge in [0.05, 0.1) is 5.56 Å². The number of aryl methyl sites for hydroxylation is 1. The summed E-state index contributed by atoms with van der Waals surface area (Å²) in [4.78, 5) is 20.3. The van der Waals surface area contributed by atoms with Gasteiger partial charge in [-0.2, -0.15) is 13.2 Å². The molecule has 3 heterocycles. The first-order chi connectivity index (χ1) is 13.3. The maximum Gasteiger partial charge on any atom is 0.433 e. The number of hydrogen-bond acceptors (Lipinski definition) is 4. The molecule has 4 rings (SSSR count). The van der Waals surface area contributed by atoms with Crippen LogP contribution in [-0.4, -0.2) is 20.3 Å². The lowest BCUT2D eigenvalue weighted by Crippen LogP contribution is -2.14. The van der Waals surface area contributed by atoms with E-state index in [0.29, 0.717) is 17.1 Å². The number of rotatable bonds is 3. The van der Waals surface area contributed by atoms with E-state index in [1.807, 2.05) is 0 Å². The third-order valence-corrected chi connectivity index (χ3v) is 4.22. The van der Waals surface area contributed by atoms with Crippen LogP contribution in [0.2, 0.25) is 0 Å². The molecule has 4 aromatic rings. The predicted molar refractivity (Wildman–Crippen MR) is 94.8 cm³/mol.